The van der Waals surface area contributed by atoms with Crippen LogP contribution in [0.5, 0.6) is 0 Å². The fraction of sp³-hybridized carbons (Fsp3) is 0.167. The van der Waals surface area contributed by atoms with E-state index in [0.29, 0.717) is 0 Å². The van der Waals surface area contributed by atoms with E-state index in [2.05, 4.69) is 103 Å². The maximum atomic E-state index is 2.48. The van der Waals surface area contributed by atoms with Gasteiger partial charge in [0.2, 0.25) is 0 Å². The molecule has 2 heteroatoms. The second kappa shape index (κ2) is 5.77. The monoisotopic (exact) mass is 338 g/mol. The van der Waals surface area contributed by atoms with Crippen molar-refractivity contribution in [1.29, 1.82) is 0 Å². The molecule has 0 spiro atoms. The molecule has 3 aromatic rings. The van der Waals surface area contributed by atoms with Crippen LogP contribution in [-0.2, 0) is 6.42 Å². The molecule has 0 saturated carbocycles. The van der Waals surface area contributed by atoms with E-state index in [1.807, 2.05) is 0 Å². The molecule has 1 unspecified atom stereocenters. The fourth-order valence-electron chi connectivity index (χ4n) is 4.41. The highest BCUT2D eigenvalue weighted by molar-refractivity contribution is 5.85. The zero-order valence-electron chi connectivity index (χ0n) is 15.2. The quantitative estimate of drug-likeness (QED) is 0.578. The Hall–Kier alpha value is -3.00. The predicted octanol–water partition coefficient (Wildman–Crippen LogP) is 5.85. The molecule has 128 valence electrons. The Kier molecular flexibility index (Phi) is 3.39. The molecule has 1 heterocycles. The van der Waals surface area contributed by atoms with Gasteiger partial charge in [0.1, 0.15) is 6.17 Å². The number of nitrogens with zero attached hydrogens (tertiary/aromatic N) is 2. The number of benzene rings is 3. The van der Waals surface area contributed by atoms with Crippen molar-refractivity contribution in [3.63, 3.8) is 0 Å². The summed E-state index contributed by atoms with van der Waals surface area (Å²) in [6.07, 6.45) is 5.78. The van der Waals surface area contributed by atoms with Gasteiger partial charge in [-0.3, -0.25) is 0 Å². The Bertz CT molecular complexity index is 1000. The predicted molar refractivity (Wildman–Crippen MR) is 110 cm³/mol. The van der Waals surface area contributed by atoms with Crippen molar-refractivity contribution in [2.75, 3.05) is 16.8 Å². The first-order chi connectivity index (χ1) is 12.8. The lowest BCUT2D eigenvalue weighted by atomic mass is 9.95. The third kappa shape index (κ3) is 2.12. The zero-order chi connectivity index (χ0) is 17.7. The minimum absolute atomic E-state index is 0.160. The highest BCUT2D eigenvalue weighted by Crippen LogP contribution is 2.51. The Morgan fingerprint density at radius 2 is 1.58 bits per heavy atom. The van der Waals surface area contributed by atoms with E-state index < -0.39 is 0 Å². The normalized spacial score (nSPS) is 17.5. The summed E-state index contributed by atoms with van der Waals surface area (Å²) in [5, 5.41) is 0. The molecule has 0 bridgehead atoms. The summed E-state index contributed by atoms with van der Waals surface area (Å²) in [6, 6.07) is 24.0. The maximum Gasteiger partial charge on any atom is 0.133 e. The first-order valence-corrected chi connectivity index (χ1v) is 9.21. The largest absolute Gasteiger partial charge is 0.348 e. The van der Waals surface area contributed by atoms with Crippen LogP contribution in [0.2, 0.25) is 0 Å². The van der Waals surface area contributed by atoms with E-state index >= 15 is 0 Å². The van der Waals surface area contributed by atoms with Crippen LogP contribution in [0.3, 0.4) is 0 Å². The molecule has 0 fully saturated rings. The maximum absolute atomic E-state index is 2.48. The smallest absolute Gasteiger partial charge is 0.133 e. The number of allylic oxidation sites excluding steroid dienone is 1. The number of fused-ring (bicyclic) bond motifs is 2. The van der Waals surface area contributed by atoms with Crippen LogP contribution in [0.4, 0.5) is 17.1 Å². The van der Waals surface area contributed by atoms with Crippen molar-refractivity contribution < 1.29 is 0 Å². The summed E-state index contributed by atoms with van der Waals surface area (Å²) in [5.74, 6) is 0. The third-order valence-electron chi connectivity index (χ3n) is 5.64. The molecule has 2 nitrogen and oxygen atoms in total. The van der Waals surface area contributed by atoms with Crippen LogP contribution >= 0.6 is 0 Å². The van der Waals surface area contributed by atoms with Gasteiger partial charge in [-0.25, -0.2) is 0 Å². The van der Waals surface area contributed by atoms with Crippen molar-refractivity contribution in [2.45, 2.75) is 19.5 Å². The number of rotatable bonds is 2. The molecule has 26 heavy (non-hydrogen) atoms. The first-order valence-electron chi connectivity index (χ1n) is 9.21. The van der Waals surface area contributed by atoms with Crippen molar-refractivity contribution >= 4 is 23.1 Å². The van der Waals surface area contributed by atoms with Crippen molar-refractivity contribution in [2.24, 2.45) is 0 Å². The second-order valence-corrected chi connectivity index (χ2v) is 7.15. The Balaban J connectivity index is 1.76. The van der Waals surface area contributed by atoms with Crippen LogP contribution in [0.15, 0.2) is 72.8 Å². The van der Waals surface area contributed by atoms with Gasteiger partial charge in [0, 0.05) is 18.3 Å². The molecule has 0 N–H and O–H groups in total. The van der Waals surface area contributed by atoms with Gasteiger partial charge in [-0.15, -0.1) is 0 Å². The highest BCUT2D eigenvalue weighted by Gasteiger charge is 2.37. The minimum atomic E-state index is 0.160. The SMILES string of the molecule is Cc1ccc2c(c1C1N(C)c3ccccc3N1c1ccccc1)C=CC2. The van der Waals surface area contributed by atoms with Gasteiger partial charge in [-0.05, 0) is 54.3 Å². The highest BCUT2D eigenvalue weighted by atomic mass is 15.4. The van der Waals surface area contributed by atoms with Crippen molar-refractivity contribution in [1.82, 2.24) is 0 Å². The van der Waals surface area contributed by atoms with E-state index in [4.69, 9.17) is 0 Å². The number of aryl methyl sites for hydroxylation is 1. The van der Waals surface area contributed by atoms with Gasteiger partial charge in [0.15, 0.2) is 0 Å². The summed E-state index contributed by atoms with van der Waals surface area (Å²) >= 11 is 0. The second-order valence-electron chi connectivity index (χ2n) is 7.15. The molecule has 0 aromatic heterocycles. The molecular weight excluding hydrogens is 316 g/mol. The van der Waals surface area contributed by atoms with Crippen LogP contribution < -0.4 is 9.80 Å². The summed E-state index contributed by atoms with van der Waals surface area (Å²) in [6.45, 7) is 2.24. The molecule has 3 aromatic carbocycles. The minimum Gasteiger partial charge on any atom is -0.348 e. The molecule has 0 radical (unpaired) electrons. The van der Waals surface area contributed by atoms with Crippen LogP contribution in [0.1, 0.15) is 28.4 Å². The number of anilines is 3. The summed E-state index contributed by atoms with van der Waals surface area (Å²) in [4.78, 5) is 4.89. The number of hydrogen-bond donors (Lipinski definition) is 0. The van der Waals surface area contributed by atoms with Gasteiger partial charge in [0.05, 0.1) is 11.4 Å². The van der Waals surface area contributed by atoms with E-state index in [1.165, 1.54) is 39.3 Å². The van der Waals surface area contributed by atoms with Gasteiger partial charge in [0.25, 0.3) is 0 Å². The van der Waals surface area contributed by atoms with Crippen LogP contribution in [0, 0.1) is 6.92 Å². The molecule has 1 aliphatic heterocycles. The summed E-state index contributed by atoms with van der Waals surface area (Å²) < 4.78 is 0. The van der Waals surface area contributed by atoms with Gasteiger partial charge in [-0.1, -0.05) is 54.6 Å². The Morgan fingerprint density at radius 3 is 2.38 bits per heavy atom. The fourth-order valence-corrected chi connectivity index (χ4v) is 4.41. The molecule has 1 atom stereocenters. The van der Waals surface area contributed by atoms with E-state index in [9.17, 15) is 0 Å². The Morgan fingerprint density at radius 1 is 0.846 bits per heavy atom. The lowest BCUT2D eigenvalue weighted by Crippen LogP contribution is -2.31. The lowest BCUT2D eigenvalue weighted by Gasteiger charge is -2.33. The molecule has 5 rings (SSSR count). The standard InChI is InChI=1S/C24H22N2/c1-17-15-16-18-9-8-12-20(18)23(17)24-25(2)21-13-6-7-14-22(21)26(24)19-10-4-3-5-11-19/h3-8,10-16,24H,9H2,1-2H3. The summed E-state index contributed by atoms with van der Waals surface area (Å²) in [5.41, 5.74) is 9.37. The van der Waals surface area contributed by atoms with Crippen molar-refractivity contribution in [3.05, 3.63) is 95.1 Å². The van der Waals surface area contributed by atoms with E-state index in [1.54, 1.807) is 0 Å². The molecule has 0 saturated heterocycles. The zero-order valence-corrected chi connectivity index (χ0v) is 15.2. The number of para-hydroxylation sites is 3. The van der Waals surface area contributed by atoms with Gasteiger partial charge >= 0.3 is 0 Å². The average Bonchev–Trinajstić information content (AvgIpc) is 3.26. The molecule has 0 amide bonds. The van der Waals surface area contributed by atoms with Gasteiger partial charge in [-0.2, -0.15) is 0 Å². The third-order valence-corrected chi connectivity index (χ3v) is 5.64. The molecule has 2 aliphatic rings. The molecular formula is C24H22N2. The topological polar surface area (TPSA) is 6.48 Å². The first kappa shape index (κ1) is 15.3. The van der Waals surface area contributed by atoms with Crippen LogP contribution in [-0.4, -0.2) is 7.05 Å². The van der Waals surface area contributed by atoms with E-state index in [-0.39, 0.29) is 6.17 Å². The average molecular weight is 338 g/mol. The van der Waals surface area contributed by atoms with Crippen LogP contribution in [0.25, 0.3) is 6.08 Å². The van der Waals surface area contributed by atoms with Crippen molar-refractivity contribution in [3.8, 4) is 0 Å². The lowest BCUT2D eigenvalue weighted by molar-refractivity contribution is 0.712. The van der Waals surface area contributed by atoms with Gasteiger partial charge < -0.3 is 9.80 Å². The Labute approximate surface area is 155 Å². The number of hydrogen-bond acceptors (Lipinski definition) is 2. The molecule has 1 aliphatic carbocycles. The summed E-state index contributed by atoms with van der Waals surface area (Å²) in [7, 11) is 2.21. The van der Waals surface area contributed by atoms with E-state index in [0.717, 1.165) is 6.42 Å².